The van der Waals surface area contributed by atoms with E-state index in [2.05, 4.69) is 5.32 Å². The van der Waals surface area contributed by atoms with Crippen LogP contribution < -0.4 is 5.32 Å². The van der Waals surface area contributed by atoms with Crippen LogP contribution in [0.5, 0.6) is 0 Å². The van der Waals surface area contributed by atoms with Gasteiger partial charge in [0.05, 0.1) is 22.0 Å². The second-order valence-electron chi connectivity index (χ2n) is 4.95. The van der Waals surface area contributed by atoms with Crippen molar-refractivity contribution in [2.45, 2.75) is 12.5 Å². The molecule has 1 atom stereocenters. The average Bonchev–Trinajstić information content (AvgIpc) is 3.17. The van der Waals surface area contributed by atoms with Crippen LogP contribution in [0.25, 0.3) is 0 Å². The molecule has 3 rings (SSSR count). The third-order valence-corrected chi connectivity index (χ3v) is 4.71. The summed E-state index contributed by atoms with van der Waals surface area (Å²) in [4.78, 5) is 38.0. The molecule has 8 heteroatoms. The molecule has 0 saturated carbocycles. The van der Waals surface area contributed by atoms with Crippen molar-refractivity contribution in [2.75, 3.05) is 6.54 Å². The summed E-state index contributed by atoms with van der Waals surface area (Å²) in [5.74, 6) is -0.549. The fourth-order valence-corrected chi connectivity index (χ4v) is 3.23. The zero-order chi connectivity index (χ0) is 15.9. The van der Waals surface area contributed by atoms with Crippen LogP contribution in [0.3, 0.4) is 0 Å². The van der Waals surface area contributed by atoms with E-state index >= 15 is 0 Å². The van der Waals surface area contributed by atoms with Crippen LogP contribution >= 0.6 is 22.9 Å². The van der Waals surface area contributed by atoms with Crippen molar-refractivity contribution in [3.8, 4) is 0 Å². The minimum absolute atomic E-state index is 0.319. The summed E-state index contributed by atoms with van der Waals surface area (Å²) in [6.07, 6.45) is 1.42. The van der Waals surface area contributed by atoms with Crippen LogP contribution in [0.15, 0.2) is 34.9 Å². The normalized spacial score (nSPS) is 21.3. The number of carbonyl (C=O) groups is 3. The number of imide groups is 1. The van der Waals surface area contributed by atoms with Gasteiger partial charge in [0.25, 0.3) is 5.91 Å². The molecule has 0 aliphatic carbocycles. The first-order valence-electron chi connectivity index (χ1n) is 6.38. The van der Waals surface area contributed by atoms with Crippen molar-refractivity contribution >= 4 is 40.7 Å². The van der Waals surface area contributed by atoms with Crippen LogP contribution in [0, 0.1) is 0 Å². The second kappa shape index (κ2) is 5.26. The number of hydrogen-bond acceptors (Lipinski definition) is 5. The molecule has 2 aromatic rings. The molecular weight excluding hydrogens is 328 g/mol. The molecular formula is C14H11ClN2O4S. The topological polar surface area (TPSA) is 79.6 Å². The Labute approximate surface area is 134 Å². The van der Waals surface area contributed by atoms with Gasteiger partial charge in [-0.05, 0) is 31.2 Å². The van der Waals surface area contributed by atoms with Gasteiger partial charge in [-0.2, -0.15) is 0 Å². The SMILES string of the molecule is C[C@@]1(c2ccco2)NC(=O)N(CC(=O)c2ccc(Cl)s2)C1=O. The summed E-state index contributed by atoms with van der Waals surface area (Å²) in [5, 5.41) is 2.56. The quantitative estimate of drug-likeness (QED) is 0.686. The molecule has 0 unspecified atom stereocenters. The van der Waals surface area contributed by atoms with Crippen molar-refractivity contribution in [1.82, 2.24) is 10.2 Å². The van der Waals surface area contributed by atoms with Gasteiger partial charge < -0.3 is 9.73 Å². The van der Waals surface area contributed by atoms with Crippen LogP contribution in [0.4, 0.5) is 4.79 Å². The molecule has 6 nitrogen and oxygen atoms in total. The summed E-state index contributed by atoms with van der Waals surface area (Å²) in [6, 6.07) is 5.77. The lowest BCUT2D eigenvalue weighted by Gasteiger charge is -2.18. The number of nitrogens with zero attached hydrogens (tertiary/aromatic N) is 1. The third kappa shape index (κ3) is 2.32. The average molecular weight is 339 g/mol. The highest BCUT2D eigenvalue weighted by molar-refractivity contribution is 7.18. The van der Waals surface area contributed by atoms with Gasteiger partial charge in [0.2, 0.25) is 0 Å². The summed E-state index contributed by atoms with van der Waals surface area (Å²) in [7, 11) is 0. The molecule has 1 N–H and O–H groups in total. The van der Waals surface area contributed by atoms with Crippen LogP contribution in [0.1, 0.15) is 22.4 Å². The first-order valence-corrected chi connectivity index (χ1v) is 7.58. The molecule has 3 amide bonds. The molecule has 1 saturated heterocycles. The number of amides is 3. The number of hydrogen-bond donors (Lipinski definition) is 1. The van der Waals surface area contributed by atoms with Gasteiger partial charge in [-0.1, -0.05) is 11.6 Å². The zero-order valence-corrected chi connectivity index (χ0v) is 13.0. The first kappa shape index (κ1) is 14.8. The van der Waals surface area contributed by atoms with Gasteiger partial charge in [-0.25, -0.2) is 4.79 Å². The molecule has 0 radical (unpaired) electrons. The fourth-order valence-electron chi connectivity index (χ4n) is 2.26. The molecule has 1 aliphatic heterocycles. The summed E-state index contributed by atoms with van der Waals surface area (Å²) >= 11 is 6.89. The minimum Gasteiger partial charge on any atom is -0.466 e. The lowest BCUT2D eigenvalue weighted by Crippen LogP contribution is -2.41. The highest BCUT2D eigenvalue weighted by atomic mass is 35.5. The number of urea groups is 1. The van der Waals surface area contributed by atoms with Gasteiger partial charge in [-0.15, -0.1) is 11.3 Å². The van der Waals surface area contributed by atoms with Gasteiger partial charge >= 0.3 is 6.03 Å². The van der Waals surface area contributed by atoms with Crippen LogP contribution in [0.2, 0.25) is 4.34 Å². The predicted molar refractivity (Wildman–Crippen MR) is 80.0 cm³/mol. The van der Waals surface area contributed by atoms with Crippen molar-refractivity contribution in [1.29, 1.82) is 0 Å². The van der Waals surface area contributed by atoms with Gasteiger partial charge in [0.1, 0.15) is 5.76 Å². The number of furan rings is 1. The van der Waals surface area contributed by atoms with E-state index in [9.17, 15) is 14.4 Å². The molecule has 0 bridgehead atoms. The van der Waals surface area contributed by atoms with E-state index in [0.717, 1.165) is 16.2 Å². The first-order chi connectivity index (χ1) is 10.4. The van der Waals surface area contributed by atoms with Gasteiger partial charge in [0, 0.05) is 0 Å². The van der Waals surface area contributed by atoms with E-state index in [4.69, 9.17) is 16.0 Å². The number of ketones is 1. The van der Waals surface area contributed by atoms with Crippen LogP contribution in [-0.4, -0.2) is 29.2 Å². The Morgan fingerprint density at radius 3 is 2.77 bits per heavy atom. The highest BCUT2D eigenvalue weighted by Gasteiger charge is 2.51. The van der Waals surface area contributed by atoms with E-state index in [-0.39, 0.29) is 12.3 Å². The van der Waals surface area contributed by atoms with E-state index < -0.39 is 17.5 Å². The largest absolute Gasteiger partial charge is 0.466 e. The highest BCUT2D eigenvalue weighted by Crippen LogP contribution is 2.29. The number of Topliss-reactive ketones (excluding diaryl/α,β-unsaturated/α-hetero) is 1. The Morgan fingerprint density at radius 1 is 1.41 bits per heavy atom. The zero-order valence-electron chi connectivity index (χ0n) is 11.5. The maximum absolute atomic E-state index is 12.5. The molecule has 1 aliphatic rings. The van der Waals surface area contributed by atoms with E-state index in [1.165, 1.54) is 6.26 Å². The molecule has 3 heterocycles. The number of rotatable bonds is 4. The van der Waals surface area contributed by atoms with Crippen molar-refractivity contribution in [3.63, 3.8) is 0 Å². The molecule has 0 spiro atoms. The minimum atomic E-state index is -1.30. The van der Waals surface area contributed by atoms with Crippen molar-refractivity contribution in [2.24, 2.45) is 0 Å². The number of carbonyl (C=O) groups excluding carboxylic acids is 3. The Kier molecular flexibility index (Phi) is 3.54. The standard InChI is InChI=1S/C14H11ClN2O4S/c1-14(10-3-2-6-21-10)12(19)17(13(20)16-14)7-8(18)9-4-5-11(15)22-9/h2-6H,7H2,1H3,(H,16,20)/t14-/m0/s1. The maximum atomic E-state index is 12.5. The summed E-state index contributed by atoms with van der Waals surface area (Å²) in [6.45, 7) is 1.20. The Balaban J connectivity index is 1.82. The maximum Gasteiger partial charge on any atom is 0.325 e. The Morgan fingerprint density at radius 2 is 2.18 bits per heavy atom. The molecule has 1 fully saturated rings. The molecule has 114 valence electrons. The summed E-state index contributed by atoms with van der Waals surface area (Å²) in [5.41, 5.74) is -1.30. The molecule has 2 aromatic heterocycles. The van der Waals surface area contributed by atoms with E-state index in [0.29, 0.717) is 15.0 Å². The number of halogens is 1. The third-order valence-electron chi connectivity index (χ3n) is 3.44. The smallest absolute Gasteiger partial charge is 0.325 e. The lowest BCUT2D eigenvalue weighted by molar-refractivity contribution is -0.131. The van der Waals surface area contributed by atoms with Gasteiger partial charge in [0.15, 0.2) is 11.3 Å². The monoisotopic (exact) mass is 338 g/mol. The predicted octanol–water partition coefficient (Wildman–Crippen LogP) is 2.64. The van der Waals surface area contributed by atoms with Crippen molar-refractivity contribution in [3.05, 3.63) is 45.5 Å². The Hall–Kier alpha value is -2.12. The fraction of sp³-hybridized carbons (Fsp3) is 0.214. The molecule has 0 aromatic carbocycles. The number of nitrogens with one attached hydrogen (secondary N) is 1. The van der Waals surface area contributed by atoms with E-state index in [1.54, 1.807) is 31.2 Å². The van der Waals surface area contributed by atoms with Crippen molar-refractivity contribution < 1.29 is 18.8 Å². The second-order valence-corrected chi connectivity index (χ2v) is 6.67. The van der Waals surface area contributed by atoms with E-state index in [1.807, 2.05) is 0 Å². The Bertz CT molecular complexity index is 755. The lowest BCUT2D eigenvalue weighted by atomic mass is 9.99. The van der Waals surface area contributed by atoms with Gasteiger partial charge in [-0.3, -0.25) is 14.5 Å². The molecule has 22 heavy (non-hydrogen) atoms. The number of thiophene rings is 1. The van der Waals surface area contributed by atoms with Crippen LogP contribution in [-0.2, 0) is 10.3 Å². The summed E-state index contributed by atoms with van der Waals surface area (Å²) < 4.78 is 5.69.